The highest BCUT2D eigenvalue weighted by Crippen LogP contribution is 2.28. The zero-order valence-electron chi connectivity index (χ0n) is 10.5. The van der Waals surface area contributed by atoms with Crippen molar-refractivity contribution < 1.29 is 4.74 Å². The molecule has 0 spiro atoms. The van der Waals surface area contributed by atoms with E-state index in [1.54, 1.807) is 7.11 Å². The highest BCUT2D eigenvalue weighted by molar-refractivity contribution is 4.93. The fourth-order valence-corrected chi connectivity index (χ4v) is 2.54. The summed E-state index contributed by atoms with van der Waals surface area (Å²) in [4.78, 5) is 0. The van der Waals surface area contributed by atoms with Crippen LogP contribution in [0, 0.1) is 0 Å². The number of methoxy groups -OCH3 is 1. The molecule has 1 heterocycles. The standard InChI is InChI=1S/C12H22N4O/c1-17-11(8-13)7-12-15-14-9-16(12)10-5-3-2-4-6-10/h9-11H,2-8,13H2,1H3. The van der Waals surface area contributed by atoms with E-state index in [1.165, 1.54) is 32.1 Å². The van der Waals surface area contributed by atoms with Crippen LogP contribution in [0.3, 0.4) is 0 Å². The maximum Gasteiger partial charge on any atom is 0.135 e. The van der Waals surface area contributed by atoms with Crippen LogP contribution in [-0.2, 0) is 11.2 Å². The molecule has 1 aliphatic rings. The molecule has 2 rings (SSSR count). The Morgan fingerprint density at radius 3 is 2.88 bits per heavy atom. The van der Waals surface area contributed by atoms with Gasteiger partial charge in [-0.3, -0.25) is 0 Å². The van der Waals surface area contributed by atoms with E-state index in [-0.39, 0.29) is 6.10 Å². The molecule has 17 heavy (non-hydrogen) atoms. The first-order valence-electron chi connectivity index (χ1n) is 6.46. The van der Waals surface area contributed by atoms with Gasteiger partial charge < -0.3 is 15.0 Å². The quantitative estimate of drug-likeness (QED) is 0.839. The largest absolute Gasteiger partial charge is 0.380 e. The Kier molecular flexibility index (Phi) is 4.50. The summed E-state index contributed by atoms with van der Waals surface area (Å²) in [6, 6.07) is 0.573. The van der Waals surface area contributed by atoms with Crippen molar-refractivity contribution in [2.75, 3.05) is 13.7 Å². The summed E-state index contributed by atoms with van der Waals surface area (Å²) < 4.78 is 7.53. The average Bonchev–Trinajstić information content (AvgIpc) is 2.85. The van der Waals surface area contributed by atoms with Crippen LogP contribution in [0.5, 0.6) is 0 Å². The van der Waals surface area contributed by atoms with Gasteiger partial charge in [-0.15, -0.1) is 10.2 Å². The molecule has 1 fully saturated rings. The van der Waals surface area contributed by atoms with E-state index in [0.717, 1.165) is 12.2 Å². The predicted molar refractivity (Wildman–Crippen MR) is 65.7 cm³/mol. The van der Waals surface area contributed by atoms with Gasteiger partial charge in [0.15, 0.2) is 0 Å². The number of aromatic nitrogens is 3. The zero-order valence-corrected chi connectivity index (χ0v) is 10.5. The number of nitrogens with zero attached hydrogens (tertiary/aromatic N) is 3. The lowest BCUT2D eigenvalue weighted by Crippen LogP contribution is -2.27. The maximum absolute atomic E-state index is 5.65. The van der Waals surface area contributed by atoms with Crippen LogP contribution in [-0.4, -0.2) is 34.5 Å². The van der Waals surface area contributed by atoms with E-state index in [2.05, 4.69) is 14.8 Å². The molecule has 96 valence electrons. The molecule has 0 aliphatic heterocycles. The molecule has 0 aromatic carbocycles. The Hall–Kier alpha value is -0.940. The average molecular weight is 238 g/mol. The van der Waals surface area contributed by atoms with Crippen molar-refractivity contribution in [3.8, 4) is 0 Å². The second kappa shape index (κ2) is 6.12. The molecular weight excluding hydrogens is 216 g/mol. The van der Waals surface area contributed by atoms with E-state index in [4.69, 9.17) is 10.5 Å². The molecule has 0 saturated heterocycles. The van der Waals surface area contributed by atoms with Crippen LogP contribution in [0.1, 0.15) is 44.0 Å². The maximum atomic E-state index is 5.65. The van der Waals surface area contributed by atoms with Crippen LogP contribution in [0.15, 0.2) is 6.33 Å². The number of nitrogens with two attached hydrogens (primary N) is 1. The molecule has 0 radical (unpaired) electrons. The third-order valence-corrected chi connectivity index (χ3v) is 3.62. The number of rotatable bonds is 5. The van der Waals surface area contributed by atoms with Crippen LogP contribution < -0.4 is 5.73 Å². The number of hydrogen-bond donors (Lipinski definition) is 1. The summed E-state index contributed by atoms with van der Waals surface area (Å²) in [5, 5.41) is 8.24. The highest BCUT2D eigenvalue weighted by Gasteiger charge is 2.20. The molecule has 0 bridgehead atoms. The molecule has 1 aliphatic carbocycles. The molecule has 5 nitrogen and oxygen atoms in total. The van der Waals surface area contributed by atoms with Crippen molar-refractivity contribution in [2.24, 2.45) is 5.73 Å². The predicted octanol–water partition coefficient (Wildman–Crippen LogP) is 1.30. The first kappa shape index (κ1) is 12.5. The SMILES string of the molecule is COC(CN)Cc1nncn1C1CCCCC1. The zero-order chi connectivity index (χ0) is 12.1. The topological polar surface area (TPSA) is 66.0 Å². The van der Waals surface area contributed by atoms with E-state index in [1.807, 2.05) is 6.33 Å². The van der Waals surface area contributed by atoms with Crippen molar-refractivity contribution in [3.05, 3.63) is 12.2 Å². The van der Waals surface area contributed by atoms with Gasteiger partial charge in [0.05, 0.1) is 6.10 Å². The number of hydrogen-bond acceptors (Lipinski definition) is 4. The van der Waals surface area contributed by atoms with Crippen molar-refractivity contribution >= 4 is 0 Å². The monoisotopic (exact) mass is 238 g/mol. The van der Waals surface area contributed by atoms with Gasteiger partial charge in [-0.05, 0) is 12.8 Å². The second-order valence-corrected chi connectivity index (χ2v) is 4.74. The summed E-state index contributed by atoms with van der Waals surface area (Å²) in [6.07, 6.45) is 9.12. The lowest BCUT2D eigenvalue weighted by molar-refractivity contribution is 0.106. The smallest absolute Gasteiger partial charge is 0.135 e. The molecule has 1 aromatic rings. The van der Waals surface area contributed by atoms with Gasteiger partial charge >= 0.3 is 0 Å². The summed E-state index contributed by atoms with van der Waals surface area (Å²) in [5.74, 6) is 1.01. The van der Waals surface area contributed by atoms with Gasteiger partial charge in [0.2, 0.25) is 0 Å². The normalized spacial score (nSPS) is 19.4. The lowest BCUT2D eigenvalue weighted by atomic mass is 9.95. The van der Waals surface area contributed by atoms with Crippen molar-refractivity contribution in [1.82, 2.24) is 14.8 Å². The van der Waals surface area contributed by atoms with Gasteiger partial charge in [0, 0.05) is 26.1 Å². The molecule has 2 N–H and O–H groups in total. The van der Waals surface area contributed by atoms with Crippen LogP contribution in [0.4, 0.5) is 0 Å². The Morgan fingerprint density at radius 2 is 2.24 bits per heavy atom. The minimum absolute atomic E-state index is 0.0431. The van der Waals surface area contributed by atoms with Gasteiger partial charge in [0.25, 0.3) is 0 Å². The minimum atomic E-state index is 0.0431. The van der Waals surface area contributed by atoms with E-state index >= 15 is 0 Å². The molecule has 1 saturated carbocycles. The lowest BCUT2D eigenvalue weighted by Gasteiger charge is -2.24. The van der Waals surface area contributed by atoms with Crippen LogP contribution in [0.25, 0.3) is 0 Å². The van der Waals surface area contributed by atoms with E-state index < -0.39 is 0 Å². The molecule has 5 heteroatoms. The summed E-state index contributed by atoms with van der Waals surface area (Å²) >= 11 is 0. The highest BCUT2D eigenvalue weighted by atomic mass is 16.5. The molecule has 1 atom stereocenters. The third-order valence-electron chi connectivity index (χ3n) is 3.62. The van der Waals surface area contributed by atoms with Gasteiger partial charge in [-0.1, -0.05) is 19.3 Å². The molecule has 1 aromatic heterocycles. The Bertz CT molecular complexity index is 329. The second-order valence-electron chi connectivity index (χ2n) is 4.74. The van der Waals surface area contributed by atoms with Crippen molar-refractivity contribution in [1.29, 1.82) is 0 Å². The summed E-state index contributed by atoms with van der Waals surface area (Å²) in [5.41, 5.74) is 5.65. The first-order valence-corrected chi connectivity index (χ1v) is 6.46. The Balaban J connectivity index is 2.04. The van der Waals surface area contributed by atoms with Crippen molar-refractivity contribution in [3.63, 3.8) is 0 Å². The first-order chi connectivity index (χ1) is 8.35. The Morgan fingerprint density at radius 1 is 1.47 bits per heavy atom. The number of ether oxygens (including phenoxy) is 1. The summed E-state index contributed by atoms with van der Waals surface area (Å²) in [6.45, 7) is 0.522. The Labute approximate surface area is 102 Å². The van der Waals surface area contributed by atoms with E-state index in [0.29, 0.717) is 12.6 Å². The van der Waals surface area contributed by atoms with Gasteiger partial charge in [-0.25, -0.2) is 0 Å². The van der Waals surface area contributed by atoms with Crippen LogP contribution >= 0.6 is 0 Å². The van der Waals surface area contributed by atoms with Crippen molar-refractivity contribution in [2.45, 2.75) is 50.7 Å². The minimum Gasteiger partial charge on any atom is -0.380 e. The fourth-order valence-electron chi connectivity index (χ4n) is 2.54. The summed E-state index contributed by atoms with van der Waals surface area (Å²) in [7, 11) is 1.69. The molecule has 1 unspecified atom stereocenters. The van der Waals surface area contributed by atoms with E-state index in [9.17, 15) is 0 Å². The molecule has 0 amide bonds. The van der Waals surface area contributed by atoms with Crippen LogP contribution in [0.2, 0.25) is 0 Å². The third kappa shape index (κ3) is 3.04. The fraction of sp³-hybridized carbons (Fsp3) is 0.833. The van der Waals surface area contributed by atoms with Gasteiger partial charge in [0.1, 0.15) is 12.2 Å². The molecular formula is C12H22N4O. The van der Waals surface area contributed by atoms with Gasteiger partial charge in [-0.2, -0.15) is 0 Å².